The molecule has 0 aliphatic carbocycles. The van der Waals surface area contributed by atoms with Crippen LogP contribution < -0.4 is 5.43 Å². The van der Waals surface area contributed by atoms with E-state index < -0.39 is 0 Å². The first-order chi connectivity index (χ1) is 8.84. The van der Waals surface area contributed by atoms with Crippen LogP contribution >= 0.6 is 11.5 Å². The minimum Gasteiger partial charge on any atom is -0.289 e. The molecule has 0 unspecified atom stereocenters. The van der Waals surface area contributed by atoms with Crippen molar-refractivity contribution in [3.63, 3.8) is 0 Å². The predicted molar refractivity (Wildman–Crippen MR) is 76.6 cm³/mol. The Morgan fingerprint density at radius 1 is 0.833 bits per heavy atom. The van der Waals surface area contributed by atoms with Crippen LogP contribution in [0.4, 0.5) is 0 Å². The van der Waals surface area contributed by atoms with Gasteiger partial charge in [-0.25, -0.2) is 0 Å². The monoisotopic (exact) mass is 251 g/mol. The van der Waals surface area contributed by atoms with Crippen LogP contribution in [0.3, 0.4) is 0 Å². The number of aromatic nitrogens is 1. The number of benzene rings is 2. The first-order valence-corrected chi connectivity index (χ1v) is 6.54. The van der Waals surface area contributed by atoms with Crippen LogP contribution in [0.2, 0.25) is 0 Å². The lowest BCUT2D eigenvalue weighted by Crippen LogP contribution is -2.01. The lowest BCUT2D eigenvalue weighted by Gasteiger charge is -1.99. The zero-order chi connectivity index (χ0) is 12.1. The lowest BCUT2D eigenvalue weighted by molar-refractivity contribution is 1.41. The van der Waals surface area contributed by atoms with Crippen LogP contribution in [0.25, 0.3) is 26.5 Å². The maximum atomic E-state index is 12.1. The average Bonchev–Trinajstić information content (AvgIpc) is 2.78. The fourth-order valence-corrected chi connectivity index (χ4v) is 3.51. The van der Waals surface area contributed by atoms with Crippen molar-refractivity contribution in [2.75, 3.05) is 0 Å². The Morgan fingerprint density at radius 2 is 1.56 bits per heavy atom. The molecule has 0 aliphatic rings. The summed E-state index contributed by atoms with van der Waals surface area (Å²) < 4.78 is 3.34. The van der Waals surface area contributed by atoms with Crippen LogP contribution in [-0.2, 0) is 0 Å². The molecule has 3 heteroatoms. The fraction of sp³-hybridized carbons (Fsp3) is 0. The molecule has 0 N–H and O–H groups in total. The second-order valence-corrected chi connectivity index (χ2v) is 5.28. The van der Waals surface area contributed by atoms with Gasteiger partial charge in [0.05, 0.1) is 15.7 Å². The highest BCUT2D eigenvalue weighted by molar-refractivity contribution is 7.14. The molecule has 4 aromatic rings. The van der Waals surface area contributed by atoms with Gasteiger partial charge < -0.3 is 0 Å². The van der Waals surface area contributed by atoms with Gasteiger partial charge in [-0.1, -0.05) is 41.9 Å². The van der Waals surface area contributed by atoms with Crippen LogP contribution in [0.1, 0.15) is 0 Å². The molecule has 2 nitrogen and oxygen atoms in total. The molecule has 0 atom stereocenters. The molecule has 0 saturated carbocycles. The molecule has 0 saturated heterocycles. The number of hydrogen-bond acceptors (Lipinski definition) is 2. The second kappa shape index (κ2) is 3.43. The van der Waals surface area contributed by atoms with Crippen molar-refractivity contribution in [2.45, 2.75) is 0 Å². The van der Waals surface area contributed by atoms with E-state index in [4.69, 9.17) is 0 Å². The molecule has 0 radical (unpaired) electrons. The van der Waals surface area contributed by atoms with Gasteiger partial charge in [0.15, 0.2) is 5.43 Å². The highest BCUT2D eigenvalue weighted by atomic mass is 32.1. The molecule has 2 heterocycles. The van der Waals surface area contributed by atoms with Crippen molar-refractivity contribution in [2.24, 2.45) is 0 Å². The van der Waals surface area contributed by atoms with E-state index in [1.165, 1.54) is 4.70 Å². The molecule has 86 valence electrons. The Kier molecular flexibility index (Phi) is 1.88. The predicted octanol–water partition coefficient (Wildman–Crippen LogP) is 3.67. The van der Waals surface area contributed by atoms with E-state index in [1.807, 2.05) is 36.4 Å². The van der Waals surface area contributed by atoms with Gasteiger partial charge in [0, 0.05) is 16.8 Å². The Balaban J connectivity index is 2.40. The summed E-state index contributed by atoms with van der Waals surface area (Å²) in [5.74, 6) is 0. The highest BCUT2D eigenvalue weighted by Crippen LogP contribution is 2.28. The normalized spacial score (nSPS) is 11.6. The fourth-order valence-electron chi connectivity index (χ4n) is 2.39. The highest BCUT2D eigenvalue weighted by Gasteiger charge is 2.08. The third kappa shape index (κ3) is 1.19. The summed E-state index contributed by atoms with van der Waals surface area (Å²) in [6.45, 7) is 0. The number of pyridine rings is 1. The quantitative estimate of drug-likeness (QED) is 0.467. The molecule has 2 aromatic heterocycles. The minimum atomic E-state index is 0.0918. The zero-order valence-corrected chi connectivity index (χ0v) is 10.3. The summed E-state index contributed by atoms with van der Waals surface area (Å²) in [5, 5.41) is 1.92. The van der Waals surface area contributed by atoms with Gasteiger partial charge in [-0.3, -0.25) is 8.58 Å². The van der Waals surface area contributed by atoms with Gasteiger partial charge in [-0.05, 0) is 18.2 Å². The molecule has 0 aliphatic heterocycles. The zero-order valence-electron chi connectivity index (χ0n) is 9.46. The first-order valence-electron chi connectivity index (χ1n) is 5.77. The van der Waals surface area contributed by atoms with E-state index in [1.54, 1.807) is 17.6 Å². The topological polar surface area (TPSA) is 21.5 Å². The summed E-state index contributed by atoms with van der Waals surface area (Å²) in [5.41, 5.74) is 2.08. The van der Waals surface area contributed by atoms with Gasteiger partial charge >= 0.3 is 0 Å². The van der Waals surface area contributed by atoms with Crippen molar-refractivity contribution in [1.82, 2.24) is 3.79 Å². The van der Waals surface area contributed by atoms with Gasteiger partial charge in [0.25, 0.3) is 0 Å². The summed E-state index contributed by atoms with van der Waals surface area (Å²) in [7, 11) is 0. The molecule has 0 spiro atoms. The molecular formula is C15H9NOS. The number of hydrogen-bond donors (Lipinski definition) is 0. The summed E-state index contributed by atoms with van der Waals surface area (Å²) in [6.07, 6.45) is 0. The summed E-state index contributed by atoms with van der Waals surface area (Å²) in [6, 6.07) is 17.7. The maximum Gasteiger partial charge on any atom is 0.190 e. The Morgan fingerprint density at radius 3 is 2.44 bits per heavy atom. The summed E-state index contributed by atoms with van der Waals surface area (Å²) in [4.78, 5) is 12.1. The third-order valence-corrected chi connectivity index (χ3v) is 4.36. The van der Waals surface area contributed by atoms with E-state index in [-0.39, 0.29) is 5.43 Å². The third-order valence-electron chi connectivity index (χ3n) is 3.23. The van der Waals surface area contributed by atoms with E-state index in [2.05, 4.69) is 15.9 Å². The molecule has 2 aromatic carbocycles. The minimum absolute atomic E-state index is 0.0918. The van der Waals surface area contributed by atoms with E-state index in [0.717, 1.165) is 21.8 Å². The second-order valence-electron chi connectivity index (χ2n) is 4.29. The Hall–Kier alpha value is -2.13. The largest absolute Gasteiger partial charge is 0.289 e. The van der Waals surface area contributed by atoms with Crippen LogP contribution in [0.5, 0.6) is 0 Å². The Bertz CT molecular complexity index is 949. The Labute approximate surface area is 107 Å². The number of para-hydroxylation sites is 1. The number of fused-ring (bicyclic) bond motifs is 5. The summed E-state index contributed by atoms with van der Waals surface area (Å²) >= 11 is 1.68. The van der Waals surface area contributed by atoms with Crippen molar-refractivity contribution in [3.05, 3.63) is 64.8 Å². The molecule has 0 bridgehead atoms. The van der Waals surface area contributed by atoms with Crippen LogP contribution in [0.15, 0.2) is 59.4 Å². The van der Waals surface area contributed by atoms with Crippen molar-refractivity contribution < 1.29 is 0 Å². The molecule has 4 rings (SSSR count). The lowest BCUT2D eigenvalue weighted by atomic mass is 10.1. The first kappa shape index (κ1) is 9.85. The van der Waals surface area contributed by atoms with Crippen molar-refractivity contribution in [1.29, 1.82) is 0 Å². The van der Waals surface area contributed by atoms with Crippen molar-refractivity contribution >= 4 is 38.0 Å². The maximum absolute atomic E-state index is 12.1. The van der Waals surface area contributed by atoms with E-state index in [9.17, 15) is 4.79 Å². The van der Waals surface area contributed by atoms with Gasteiger partial charge in [0.2, 0.25) is 0 Å². The van der Waals surface area contributed by atoms with Gasteiger partial charge in [0.1, 0.15) is 0 Å². The van der Waals surface area contributed by atoms with Crippen LogP contribution in [0, 0.1) is 0 Å². The smallest absolute Gasteiger partial charge is 0.190 e. The van der Waals surface area contributed by atoms with E-state index in [0.29, 0.717) is 0 Å². The molecule has 18 heavy (non-hydrogen) atoms. The van der Waals surface area contributed by atoms with Gasteiger partial charge in [-0.2, -0.15) is 0 Å². The van der Waals surface area contributed by atoms with E-state index >= 15 is 0 Å². The average molecular weight is 251 g/mol. The number of nitrogens with zero attached hydrogens (tertiary/aromatic N) is 1. The van der Waals surface area contributed by atoms with Gasteiger partial charge in [-0.15, -0.1) is 0 Å². The molecule has 0 fully saturated rings. The number of rotatable bonds is 0. The SMILES string of the molecule is O=c1cc2c3ccccc3sn2c2ccccc12. The standard InChI is InChI=1S/C15H9NOS/c17-14-9-13-11-6-2-4-8-15(11)18-16(13)12-7-3-1-5-10(12)14/h1-9H. The van der Waals surface area contributed by atoms with Crippen LogP contribution in [-0.4, -0.2) is 3.79 Å². The molecule has 0 amide bonds. The molecular weight excluding hydrogens is 242 g/mol. The van der Waals surface area contributed by atoms with Crippen molar-refractivity contribution in [3.8, 4) is 0 Å².